The zero-order valence-electron chi connectivity index (χ0n) is 10.6. The summed E-state index contributed by atoms with van der Waals surface area (Å²) >= 11 is 0. The van der Waals surface area contributed by atoms with Crippen molar-refractivity contribution < 1.29 is 9.59 Å². The first-order chi connectivity index (χ1) is 8.72. The van der Waals surface area contributed by atoms with Gasteiger partial charge in [-0.1, -0.05) is 25.1 Å². The van der Waals surface area contributed by atoms with Gasteiger partial charge in [-0.2, -0.15) is 0 Å². The van der Waals surface area contributed by atoms with Gasteiger partial charge in [0.15, 0.2) is 5.78 Å². The largest absolute Gasteiger partial charge is 0.335 e. The van der Waals surface area contributed by atoms with Gasteiger partial charge in [-0.25, -0.2) is 0 Å². The molecule has 1 aromatic carbocycles. The zero-order valence-corrected chi connectivity index (χ0v) is 10.6. The second-order valence-corrected chi connectivity index (χ2v) is 5.05. The van der Waals surface area contributed by atoms with Gasteiger partial charge in [-0.05, 0) is 24.0 Å². The maximum atomic E-state index is 12.0. The van der Waals surface area contributed by atoms with E-state index in [1.165, 1.54) is 5.56 Å². The number of amides is 1. The molecule has 0 saturated heterocycles. The van der Waals surface area contributed by atoms with Crippen LogP contribution in [0.1, 0.15) is 53.7 Å². The van der Waals surface area contributed by atoms with E-state index in [1.54, 1.807) is 0 Å². The first-order valence-electron chi connectivity index (χ1n) is 6.66. The Labute approximate surface area is 107 Å². The molecule has 3 rings (SSSR count). The highest BCUT2D eigenvalue weighted by molar-refractivity contribution is 5.99. The van der Waals surface area contributed by atoms with E-state index in [0.717, 1.165) is 30.5 Å². The van der Waals surface area contributed by atoms with Crippen molar-refractivity contribution in [2.75, 3.05) is 6.54 Å². The lowest BCUT2D eigenvalue weighted by atomic mass is 9.80. The summed E-state index contributed by atoms with van der Waals surface area (Å²) < 4.78 is 0. The molecule has 2 aliphatic rings. The molecule has 1 aliphatic heterocycles. The van der Waals surface area contributed by atoms with Crippen molar-refractivity contribution in [3.8, 4) is 0 Å². The van der Waals surface area contributed by atoms with Crippen LogP contribution < -0.4 is 0 Å². The minimum atomic E-state index is 0.134. The van der Waals surface area contributed by atoms with Crippen LogP contribution in [0, 0.1) is 0 Å². The molecular formula is C15H17NO2. The molecule has 1 heterocycles. The standard InChI is InChI=1S/C15H17NO2/c1-2-14(18)16-9-8-10-4-3-5-11-13(17)7-6-12(16)15(10)11/h3-5,12H,2,6-9H2,1H3. The smallest absolute Gasteiger partial charge is 0.222 e. The predicted molar refractivity (Wildman–Crippen MR) is 68.5 cm³/mol. The number of rotatable bonds is 1. The van der Waals surface area contributed by atoms with E-state index in [0.29, 0.717) is 12.8 Å². The third-order valence-electron chi connectivity index (χ3n) is 4.10. The molecule has 1 atom stereocenters. The number of carbonyl (C=O) groups excluding carboxylic acids is 2. The van der Waals surface area contributed by atoms with Crippen molar-refractivity contribution in [3.63, 3.8) is 0 Å². The van der Waals surface area contributed by atoms with Crippen LogP contribution in [-0.2, 0) is 11.2 Å². The van der Waals surface area contributed by atoms with Crippen LogP contribution in [0.5, 0.6) is 0 Å². The Hall–Kier alpha value is -1.64. The molecule has 0 fully saturated rings. The Kier molecular flexibility index (Phi) is 2.69. The van der Waals surface area contributed by atoms with E-state index < -0.39 is 0 Å². The molecule has 1 aliphatic carbocycles. The molecule has 18 heavy (non-hydrogen) atoms. The van der Waals surface area contributed by atoms with Gasteiger partial charge in [0.25, 0.3) is 0 Å². The van der Waals surface area contributed by atoms with E-state index in [4.69, 9.17) is 0 Å². The third kappa shape index (κ3) is 1.57. The van der Waals surface area contributed by atoms with E-state index >= 15 is 0 Å². The van der Waals surface area contributed by atoms with Crippen molar-refractivity contribution in [1.29, 1.82) is 0 Å². The molecule has 1 unspecified atom stereocenters. The summed E-state index contributed by atoms with van der Waals surface area (Å²) in [6.07, 6.45) is 2.77. The average molecular weight is 243 g/mol. The Morgan fingerprint density at radius 3 is 3.00 bits per heavy atom. The Morgan fingerprint density at radius 2 is 2.22 bits per heavy atom. The first kappa shape index (κ1) is 11.5. The highest BCUT2D eigenvalue weighted by atomic mass is 16.2. The molecule has 0 saturated carbocycles. The summed E-state index contributed by atoms with van der Waals surface area (Å²) in [5, 5.41) is 0. The summed E-state index contributed by atoms with van der Waals surface area (Å²) in [5.74, 6) is 0.434. The Balaban J connectivity index is 2.09. The second kappa shape index (κ2) is 4.23. The zero-order chi connectivity index (χ0) is 12.7. The molecule has 0 N–H and O–H groups in total. The van der Waals surface area contributed by atoms with Gasteiger partial charge in [0.05, 0.1) is 6.04 Å². The second-order valence-electron chi connectivity index (χ2n) is 5.05. The minimum Gasteiger partial charge on any atom is -0.335 e. The highest BCUT2D eigenvalue weighted by Gasteiger charge is 2.36. The number of Topliss-reactive ketones (excluding diaryl/α,β-unsaturated/α-hetero) is 1. The van der Waals surface area contributed by atoms with Gasteiger partial charge in [-0.15, -0.1) is 0 Å². The summed E-state index contributed by atoms with van der Waals surface area (Å²) in [7, 11) is 0. The number of carbonyl (C=O) groups is 2. The van der Waals surface area contributed by atoms with Gasteiger partial charge in [-0.3, -0.25) is 9.59 Å². The lowest BCUT2D eigenvalue weighted by Gasteiger charge is -2.40. The number of hydrogen-bond acceptors (Lipinski definition) is 2. The van der Waals surface area contributed by atoms with Crippen molar-refractivity contribution in [2.45, 2.75) is 38.6 Å². The molecule has 3 heteroatoms. The monoisotopic (exact) mass is 243 g/mol. The number of benzene rings is 1. The fraction of sp³-hybridized carbons (Fsp3) is 0.467. The summed E-state index contributed by atoms with van der Waals surface area (Å²) in [6, 6.07) is 6.10. The van der Waals surface area contributed by atoms with Crippen LogP contribution in [-0.4, -0.2) is 23.1 Å². The van der Waals surface area contributed by atoms with E-state index in [2.05, 4.69) is 6.07 Å². The third-order valence-corrected chi connectivity index (χ3v) is 4.10. The Morgan fingerprint density at radius 1 is 1.39 bits per heavy atom. The van der Waals surface area contributed by atoms with Crippen molar-refractivity contribution in [3.05, 3.63) is 34.9 Å². The topological polar surface area (TPSA) is 37.4 Å². The van der Waals surface area contributed by atoms with Crippen LogP contribution in [0.15, 0.2) is 18.2 Å². The van der Waals surface area contributed by atoms with E-state index in [1.807, 2.05) is 24.0 Å². The van der Waals surface area contributed by atoms with Gasteiger partial charge >= 0.3 is 0 Å². The number of ketones is 1. The highest BCUT2D eigenvalue weighted by Crippen LogP contribution is 2.39. The van der Waals surface area contributed by atoms with E-state index in [-0.39, 0.29) is 17.7 Å². The molecule has 0 spiro atoms. The lowest BCUT2D eigenvalue weighted by Crippen LogP contribution is -2.42. The van der Waals surface area contributed by atoms with Gasteiger partial charge in [0.1, 0.15) is 0 Å². The maximum Gasteiger partial charge on any atom is 0.222 e. The lowest BCUT2D eigenvalue weighted by molar-refractivity contribution is -0.134. The number of hydrogen-bond donors (Lipinski definition) is 0. The van der Waals surface area contributed by atoms with Crippen LogP contribution >= 0.6 is 0 Å². The molecular weight excluding hydrogens is 226 g/mol. The molecule has 1 amide bonds. The van der Waals surface area contributed by atoms with E-state index in [9.17, 15) is 9.59 Å². The van der Waals surface area contributed by atoms with Crippen LogP contribution in [0.3, 0.4) is 0 Å². The number of nitrogens with zero attached hydrogens (tertiary/aromatic N) is 1. The normalized spacial score (nSPS) is 21.7. The van der Waals surface area contributed by atoms with Crippen molar-refractivity contribution in [2.24, 2.45) is 0 Å². The predicted octanol–water partition coefficient (Wildman–Crippen LogP) is 2.50. The van der Waals surface area contributed by atoms with Gasteiger partial charge in [0, 0.05) is 24.9 Å². The van der Waals surface area contributed by atoms with Crippen LogP contribution in [0.4, 0.5) is 0 Å². The minimum absolute atomic E-state index is 0.134. The fourth-order valence-corrected chi connectivity index (χ4v) is 3.22. The molecule has 0 radical (unpaired) electrons. The average Bonchev–Trinajstić information content (AvgIpc) is 2.42. The molecule has 3 nitrogen and oxygen atoms in total. The summed E-state index contributed by atoms with van der Waals surface area (Å²) in [4.78, 5) is 25.9. The molecule has 0 aromatic heterocycles. The molecule has 0 bridgehead atoms. The van der Waals surface area contributed by atoms with Gasteiger partial charge < -0.3 is 4.90 Å². The SMILES string of the molecule is CCC(=O)N1CCc2cccc3c2C1CCC3=O. The Bertz CT molecular complexity index is 521. The van der Waals surface area contributed by atoms with Gasteiger partial charge in [0.2, 0.25) is 5.91 Å². The maximum absolute atomic E-state index is 12.0. The van der Waals surface area contributed by atoms with Crippen molar-refractivity contribution in [1.82, 2.24) is 4.90 Å². The van der Waals surface area contributed by atoms with Crippen molar-refractivity contribution >= 4 is 11.7 Å². The first-order valence-corrected chi connectivity index (χ1v) is 6.66. The fourth-order valence-electron chi connectivity index (χ4n) is 3.22. The summed E-state index contributed by atoms with van der Waals surface area (Å²) in [6.45, 7) is 2.69. The quantitative estimate of drug-likeness (QED) is 0.760. The van der Waals surface area contributed by atoms with Crippen LogP contribution in [0.25, 0.3) is 0 Å². The van der Waals surface area contributed by atoms with Crippen LogP contribution in [0.2, 0.25) is 0 Å². The summed E-state index contributed by atoms with van der Waals surface area (Å²) in [5.41, 5.74) is 3.23. The molecule has 1 aromatic rings. The molecule has 94 valence electrons.